The van der Waals surface area contributed by atoms with E-state index in [1.165, 1.54) is 0 Å². The fourth-order valence-electron chi connectivity index (χ4n) is 1.56. The second kappa shape index (κ2) is 4.37. The van der Waals surface area contributed by atoms with Crippen LogP contribution in [-0.4, -0.2) is 11.8 Å². The SMILES string of the molecule is O=C1Cc2cccc(C#CCCCl)c2N1. The van der Waals surface area contributed by atoms with Crippen molar-refractivity contribution in [2.75, 3.05) is 11.2 Å². The Morgan fingerprint density at radius 3 is 3.13 bits per heavy atom. The van der Waals surface area contributed by atoms with E-state index in [1.807, 2.05) is 18.2 Å². The minimum Gasteiger partial charge on any atom is -0.324 e. The molecule has 2 nitrogen and oxygen atoms in total. The average molecular weight is 220 g/mol. The smallest absolute Gasteiger partial charge is 0.228 e. The number of hydrogen-bond acceptors (Lipinski definition) is 1. The van der Waals surface area contributed by atoms with E-state index >= 15 is 0 Å². The zero-order chi connectivity index (χ0) is 10.7. The van der Waals surface area contributed by atoms with Crippen molar-refractivity contribution in [2.45, 2.75) is 12.8 Å². The number of anilines is 1. The van der Waals surface area contributed by atoms with Gasteiger partial charge in [0.1, 0.15) is 0 Å². The normalized spacial score (nSPS) is 12.7. The van der Waals surface area contributed by atoms with Gasteiger partial charge in [-0.15, -0.1) is 11.6 Å². The Kier molecular flexibility index (Phi) is 2.94. The zero-order valence-corrected chi connectivity index (χ0v) is 8.90. The lowest BCUT2D eigenvalue weighted by Crippen LogP contribution is -2.04. The quantitative estimate of drug-likeness (QED) is 0.569. The fourth-order valence-corrected chi connectivity index (χ4v) is 1.66. The third kappa shape index (κ3) is 2.14. The molecule has 0 saturated carbocycles. The van der Waals surface area contributed by atoms with Crippen LogP contribution in [0.3, 0.4) is 0 Å². The number of amides is 1. The average Bonchev–Trinajstić information content (AvgIpc) is 2.59. The van der Waals surface area contributed by atoms with Crippen LogP contribution in [0.5, 0.6) is 0 Å². The molecule has 76 valence electrons. The number of hydrogen-bond donors (Lipinski definition) is 1. The lowest BCUT2D eigenvalue weighted by molar-refractivity contribution is -0.115. The van der Waals surface area contributed by atoms with E-state index in [2.05, 4.69) is 17.2 Å². The van der Waals surface area contributed by atoms with Crippen LogP contribution in [0.4, 0.5) is 5.69 Å². The summed E-state index contributed by atoms with van der Waals surface area (Å²) in [5.74, 6) is 6.55. The molecule has 0 fully saturated rings. The highest BCUT2D eigenvalue weighted by atomic mass is 35.5. The number of alkyl halides is 1. The first-order valence-electron chi connectivity index (χ1n) is 4.78. The molecule has 0 unspecified atom stereocenters. The van der Waals surface area contributed by atoms with E-state index in [-0.39, 0.29) is 5.91 Å². The van der Waals surface area contributed by atoms with Crippen molar-refractivity contribution >= 4 is 23.2 Å². The van der Waals surface area contributed by atoms with E-state index < -0.39 is 0 Å². The van der Waals surface area contributed by atoms with Crippen LogP contribution < -0.4 is 5.32 Å². The van der Waals surface area contributed by atoms with E-state index in [0.717, 1.165) is 16.8 Å². The first-order chi connectivity index (χ1) is 7.31. The van der Waals surface area contributed by atoms with Gasteiger partial charge < -0.3 is 5.32 Å². The number of rotatable bonds is 1. The molecule has 1 N–H and O–H groups in total. The van der Waals surface area contributed by atoms with Crippen LogP contribution in [0.15, 0.2) is 18.2 Å². The summed E-state index contributed by atoms with van der Waals surface area (Å²) in [7, 11) is 0. The Morgan fingerprint density at radius 1 is 1.47 bits per heavy atom. The van der Waals surface area contributed by atoms with E-state index in [1.54, 1.807) is 0 Å². The lowest BCUT2D eigenvalue weighted by atomic mass is 10.1. The number of nitrogens with one attached hydrogen (secondary N) is 1. The standard InChI is InChI=1S/C12H10ClNO/c13-7-2-1-4-9-5-3-6-10-8-11(15)14-12(9)10/h3,5-6H,2,7-8H2,(H,14,15). The molecule has 0 spiro atoms. The van der Waals surface area contributed by atoms with Gasteiger partial charge in [0.15, 0.2) is 0 Å². The van der Waals surface area contributed by atoms with Gasteiger partial charge in [0.2, 0.25) is 5.91 Å². The summed E-state index contributed by atoms with van der Waals surface area (Å²) < 4.78 is 0. The highest BCUT2D eigenvalue weighted by molar-refractivity contribution is 6.18. The van der Waals surface area contributed by atoms with Crippen LogP contribution in [-0.2, 0) is 11.2 Å². The lowest BCUT2D eigenvalue weighted by Gasteiger charge is -2.00. The van der Waals surface area contributed by atoms with Gasteiger partial charge in [0.25, 0.3) is 0 Å². The van der Waals surface area contributed by atoms with Gasteiger partial charge in [-0.1, -0.05) is 24.0 Å². The number of fused-ring (bicyclic) bond motifs is 1. The summed E-state index contributed by atoms with van der Waals surface area (Å²) in [6.07, 6.45) is 1.12. The molecule has 1 heterocycles. The molecular weight excluding hydrogens is 210 g/mol. The molecule has 1 aromatic carbocycles. The van der Waals surface area contributed by atoms with Crippen LogP contribution in [0.2, 0.25) is 0 Å². The van der Waals surface area contributed by atoms with Crippen LogP contribution >= 0.6 is 11.6 Å². The molecule has 1 amide bonds. The van der Waals surface area contributed by atoms with Crippen molar-refractivity contribution < 1.29 is 4.79 Å². The number of benzene rings is 1. The fraction of sp³-hybridized carbons (Fsp3) is 0.250. The monoisotopic (exact) mass is 219 g/mol. The van der Waals surface area contributed by atoms with Crippen LogP contribution in [0.25, 0.3) is 0 Å². The van der Waals surface area contributed by atoms with Gasteiger partial charge >= 0.3 is 0 Å². The van der Waals surface area contributed by atoms with Gasteiger partial charge in [-0.25, -0.2) is 0 Å². The van der Waals surface area contributed by atoms with E-state index in [9.17, 15) is 4.79 Å². The Hall–Kier alpha value is -1.46. The van der Waals surface area contributed by atoms with E-state index in [0.29, 0.717) is 18.7 Å². The van der Waals surface area contributed by atoms with E-state index in [4.69, 9.17) is 11.6 Å². The summed E-state index contributed by atoms with van der Waals surface area (Å²) >= 11 is 5.54. The first-order valence-corrected chi connectivity index (χ1v) is 5.31. The molecular formula is C12H10ClNO. The van der Waals surface area contributed by atoms with Crippen molar-refractivity contribution in [1.82, 2.24) is 0 Å². The van der Waals surface area contributed by atoms with Gasteiger partial charge in [0, 0.05) is 17.9 Å². The van der Waals surface area contributed by atoms with Crippen molar-refractivity contribution in [3.8, 4) is 11.8 Å². The molecule has 0 aliphatic carbocycles. The number of carbonyl (C=O) groups is 1. The summed E-state index contributed by atoms with van der Waals surface area (Å²) in [5, 5.41) is 2.82. The molecule has 0 saturated heterocycles. The second-order valence-corrected chi connectivity index (χ2v) is 3.68. The maximum absolute atomic E-state index is 11.2. The van der Waals surface area contributed by atoms with Crippen molar-refractivity contribution in [1.29, 1.82) is 0 Å². The predicted octanol–water partition coefficient (Wildman–Crippen LogP) is 2.16. The minimum absolute atomic E-state index is 0.0385. The van der Waals surface area contributed by atoms with Crippen molar-refractivity contribution in [3.05, 3.63) is 29.3 Å². The Labute approximate surface area is 93.6 Å². The molecule has 0 aromatic heterocycles. The molecule has 3 heteroatoms. The molecule has 0 bridgehead atoms. The number of para-hydroxylation sites is 1. The summed E-state index contributed by atoms with van der Waals surface area (Å²) in [5.41, 5.74) is 2.77. The maximum Gasteiger partial charge on any atom is 0.228 e. The molecule has 1 aliphatic rings. The highest BCUT2D eigenvalue weighted by Gasteiger charge is 2.19. The third-order valence-corrected chi connectivity index (χ3v) is 2.40. The first kappa shape index (κ1) is 10.1. The molecule has 0 radical (unpaired) electrons. The minimum atomic E-state index is 0.0385. The van der Waals surface area contributed by atoms with Gasteiger partial charge in [-0.2, -0.15) is 0 Å². The molecule has 0 atom stereocenters. The summed E-state index contributed by atoms with van der Waals surface area (Å²) in [6.45, 7) is 0. The highest BCUT2D eigenvalue weighted by Crippen LogP contribution is 2.26. The largest absolute Gasteiger partial charge is 0.324 e. The summed E-state index contributed by atoms with van der Waals surface area (Å²) in [4.78, 5) is 11.2. The molecule has 1 aromatic rings. The molecule has 15 heavy (non-hydrogen) atoms. The van der Waals surface area contributed by atoms with Gasteiger partial charge in [-0.05, 0) is 11.6 Å². The maximum atomic E-state index is 11.2. The van der Waals surface area contributed by atoms with Crippen molar-refractivity contribution in [2.24, 2.45) is 0 Å². The predicted molar refractivity (Wildman–Crippen MR) is 61.0 cm³/mol. The molecule has 1 aliphatic heterocycles. The second-order valence-electron chi connectivity index (χ2n) is 3.31. The van der Waals surface area contributed by atoms with Crippen LogP contribution in [0.1, 0.15) is 17.5 Å². The Balaban J connectivity index is 2.32. The third-order valence-electron chi connectivity index (χ3n) is 2.21. The zero-order valence-electron chi connectivity index (χ0n) is 8.14. The van der Waals surface area contributed by atoms with Gasteiger partial charge in [-0.3, -0.25) is 4.79 Å². The number of carbonyl (C=O) groups excluding carboxylic acids is 1. The topological polar surface area (TPSA) is 29.1 Å². The Bertz CT molecular complexity index is 456. The Morgan fingerprint density at radius 2 is 2.33 bits per heavy atom. The van der Waals surface area contributed by atoms with Crippen LogP contribution in [0, 0.1) is 11.8 Å². The summed E-state index contributed by atoms with van der Waals surface area (Å²) in [6, 6.07) is 5.77. The van der Waals surface area contributed by atoms with Crippen molar-refractivity contribution in [3.63, 3.8) is 0 Å². The number of halogens is 1. The molecule has 2 rings (SSSR count). The van der Waals surface area contributed by atoms with Gasteiger partial charge in [0.05, 0.1) is 12.1 Å².